The van der Waals surface area contributed by atoms with E-state index in [9.17, 15) is 13.6 Å². The Bertz CT molecular complexity index is 437. The van der Waals surface area contributed by atoms with Gasteiger partial charge in [0.05, 0.1) is 4.47 Å². The molecule has 0 aromatic heterocycles. The van der Waals surface area contributed by atoms with Gasteiger partial charge in [-0.15, -0.1) is 0 Å². The van der Waals surface area contributed by atoms with Crippen molar-refractivity contribution in [2.45, 2.75) is 6.42 Å². The normalized spacial score (nSPS) is 9.27. The molecule has 0 bridgehead atoms. The standard InChI is InChI=1S/C10H5BrF2O2/c11-10-7(12)4-6(5-8(10)13)2-1-3-9(14)15/h4-5H,3H2,(H,14,15). The second-order valence-electron chi connectivity index (χ2n) is 2.63. The molecule has 78 valence electrons. The molecule has 0 aliphatic carbocycles. The Hall–Kier alpha value is -1.41. The SMILES string of the molecule is O=C(O)CC#Cc1cc(F)c(Br)c(F)c1. The van der Waals surface area contributed by atoms with E-state index >= 15 is 0 Å². The summed E-state index contributed by atoms with van der Waals surface area (Å²) in [4.78, 5) is 10.1. The monoisotopic (exact) mass is 274 g/mol. The minimum Gasteiger partial charge on any atom is -0.481 e. The van der Waals surface area contributed by atoms with Gasteiger partial charge < -0.3 is 5.11 Å². The predicted octanol–water partition coefficient (Wildman–Crippen LogP) is 2.55. The van der Waals surface area contributed by atoms with E-state index in [4.69, 9.17) is 5.11 Å². The summed E-state index contributed by atoms with van der Waals surface area (Å²) < 4.78 is 25.7. The minimum absolute atomic E-state index is 0.106. The fourth-order valence-electron chi connectivity index (χ4n) is 0.850. The fraction of sp³-hybridized carbons (Fsp3) is 0.100. The van der Waals surface area contributed by atoms with Crippen LogP contribution in [0.3, 0.4) is 0 Å². The molecule has 1 aromatic rings. The molecule has 0 aliphatic rings. The third kappa shape index (κ3) is 3.33. The zero-order valence-corrected chi connectivity index (χ0v) is 8.94. The third-order valence-corrected chi connectivity index (χ3v) is 2.21. The number of carbonyl (C=O) groups is 1. The molecular weight excluding hydrogens is 270 g/mol. The van der Waals surface area contributed by atoms with Crippen LogP contribution in [0.4, 0.5) is 8.78 Å². The van der Waals surface area contributed by atoms with Crippen LogP contribution in [-0.4, -0.2) is 11.1 Å². The number of benzene rings is 1. The van der Waals surface area contributed by atoms with Gasteiger partial charge in [-0.1, -0.05) is 11.8 Å². The highest BCUT2D eigenvalue weighted by Crippen LogP contribution is 2.20. The van der Waals surface area contributed by atoms with Gasteiger partial charge >= 0.3 is 5.97 Å². The Morgan fingerprint density at radius 2 is 1.93 bits per heavy atom. The average molecular weight is 275 g/mol. The Morgan fingerprint density at radius 1 is 1.40 bits per heavy atom. The highest BCUT2D eigenvalue weighted by Gasteiger charge is 2.06. The van der Waals surface area contributed by atoms with Crippen LogP contribution >= 0.6 is 15.9 Å². The van der Waals surface area contributed by atoms with Crippen molar-refractivity contribution in [3.63, 3.8) is 0 Å². The van der Waals surface area contributed by atoms with Gasteiger partial charge in [0.1, 0.15) is 18.1 Å². The number of hydrogen-bond acceptors (Lipinski definition) is 1. The lowest BCUT2D eigenvalue weighted by atomic mass is 10.2. The molecular formula is C10H5BrF2O2. The number of carboxylic acid groups (broad SMARTS) is 1. The van der Waals surface area contributed by atoms with Crippen LogP contribution in [0.15, 0.2) is 16.6 Å². The summed E-state index contributed by atoms with van der Waals surface area (Å²) in [5.41, 5.74) is 0.106. The van der Waals surface area contributed by atoms with E-state index in [1.165, 1.54) is 0 Å². The van der Waals surface area contributed by atoms with E-state index in [0.717, 1.165) is 12.1 Å². The molecule has 0 fully saturated rings. The summed E-state index contributed by atoms with van der Waals surface area (Å²) in [5.74, 6) is 2.01. The van der Waals surface area contributed by atoms with Gasteiger partial charge in [-0.05, 0) is 28.1 Å². The maximum Gasteiger partial charge on any atom is 0.315 e. The van der Waals surface area contributed by atoms with E-state index in [-0.39, 0.29) is 16.5 Å². The molecule has 1 rings (SSSR count). The van der Waals surface area contributed by atoms with Crippen LogP contribution in [0.25, 0.3) is 0 Å². The molecule has 2 nitrogen and oxygen atoms in total. The number of rotatable bonds is 1. The summed E-state index contributed by atoms with van der Waals surface area (Å²) in [6.07, 6.45) is -0.362. The average Bonchev–Trinajstić information content (AvgIpc) is 2.13. The number of aliphatic carboxylic acids is 1. The summed E-state index contributed by atoms with van der Waals surface area (Å²) in [6.45, 7) is 0. The van der Waals surface area contributed by atoms with Crippen molar-refractivity contribution in [3.8, 4) is 11.8 Å². The molecule has 5 heteroatoms. The molecule has 0 heterocycles. The van der Waals surface area contributed by atoms with Gasteiger partial charge in [0, 0.05) is 5.56 Å². The lowest BCUT2D eigenvalue weighted by molar-refractivity contribution is -0.135. The van der Waals surface area contributed by atoms with Crippen molar-refractivity contribution in [2.75, 3.05) is 0 Å². The van der Waals surface area contributed by atoms with E-state index in [1.807, 2.05) is 0 Å². The van der Waals surface area contributed by atoms with Crippen LogP contribution in [-0.2, 0) is 4.79 Å². The van der Waals surface area contributed by atoms with Crippen molar-refractivity contribution in [1.82, 2.24) is 0 Å². The summed E-state index contributed by atoms with van der Waals surface area (Å²) in [7, 11) is 0. The highest BCUT2D eigenvalue weighted by molar-refractivity contribution is 9.10. The summed E-state index contributed by atoms with van der Waals surface area (Å²) in [6, 6.07) is 2.06. The molecule has 1 aromatic carbocycles. The van der Waals surface area contributed by atoms with Crippen molar-refractivity contribution >= 4 is 21.9 Å². The molecule has 0 aliphatic heterocycles. The first kappa shape index (κ1) is 11.7. The number of hydrogen-bond donors (Lipinski definition) is 1. The zero-order chi connectivity index (χ0) is 11.4. The zero-order valence-electron chi connectivity index (χ0n) is 7.35. The maximum absolute atomic E-state index is 13.0. The molecule has 0 saturated carbocycles. The second kappa shape index (κ2) is 4.89. The molecule has 0 spiro atoms. The molecule has 0 atom stereocenters. The minimum atomic E-state index is -1.08. The third-order valence-electron chi connectivity index (χ3n) is 1.46. The van der Waals surface area contributed by atoms with Crippen LogP contribution in [0.2, 0.25) is 0 Å². The second-order valence-corrected chi connectivity index (χ2v) is 3.42. The Morgan fingerprint density at radius 3 is 2.40 bits per heavy atom. The van der Waals surface area contributed by atoms with Crippen LogP contribution < -0.4 is 0 Å². The van der Waals surface area contributed by atoms with E-state index in [2.05, 4.69) is 27.8 Å². The van der Waals surface area contributed by atoms with Gasteiger partial charge in [-0.3, -0.25) is 4.79 Å². The Kier molecular flexibility index (Phi) is 3.81. The quantitative estimate of drug-likeness (QED) is 0.631. The van der Waals surface area contributed by atoms with Crippen molar-refractivity contribution in [2.24, 2.45) is 0 Å². The van der Waals surface area contributed by atoms with Crippen molar-refractivity contribution < 1.29 is 18.7 Å². The van der Waals surface area contributed by atoms with E-state index in [0.29, 0.717) is 0 Å². The highest BCUT2D eigenvalue weighted by atomic mass is 79.9. The molecule has 0 amide bonds. The lowest BCUT2D eigenvalue weighted by Crippen LogP contribution is -1.91. The number of halogens is 3. The van der Waals surface area contributed by atoms with Crippen molar-refractivity contribution in [3.05, 3.63) is 33.8 Å². The van der Waals surface area contributed by atoms with Gasteiger partial charge in [-0.2, -0.15) is 0 Å². The first-order valence-corrected chi connectivity index (χ1v) is 4.65. The van der Waals surface area contributed by atoms with Crippen LogP contribution in [0, 0.1) is 23.5 Å². The maximum atomic E-state index is 13.0. The van der Waals surface area contributed by atoms with E-state index in [1.54, 1.807) is 0 Å². The Balaban J connectivity index is 2.95. The van der Waals surface area contributed by atoms with Gasteiger partial charge in [-0.25, -0.2) is 8.78 Å². The fourth-order valence-corrected chi connectivity index (χ4v) is 1.08. The molecule has 0 unspecified atom stereocenters. The molecule has 15 heavy (non-hydrogen) atoms. The molecule has 0 saturated heterocycles. The lowest BCUT2D eigenvalue weighted by Gasteiger charge is -1.97. The topological polar surface area (TPSA) is 37.3 Å². The largest absolute Gasteiger partial charge is 0.481 e. The first-order chi connectivity index (χ1) is 7.00. The van der Waals surface area contributed by atoms with Crippen LogP contribution in [0.5, 0.6) is 0 Å². The summed E-state index contributed by atoms with van der Waals surface area (Å²) in [5, 5.41) is 8.29. The summed E-state index contributed by atoms with van der Waals surface area (Å²) >= 11 is 2.71. The van der Waals surface area contributed by atoms with Gasteiger partial charge in [0.25, 0.3) is 0 Å². The van der Waals surface area contributed by atoms with E-state index < -0.39 is 17.6 Å². The molecule has 1 N–H and O–H groups in total. The van der Waals surface area contributed by atoms with Crippen molar-refractivity contribution in [1.29, 1.82) is 0 Å². The molecule has 0 radical (unpaired) electrons. The van der Waals surface area contributed by atoms with Gasteiger partial charge in [0.15, 0.2) is 0 Å². The van der Waals surface area contributed by atoms with Crippen LogP contribution in [0.1, 0.15) is 12.0 Å². The first-order valence-electron chi connectivity index (χ1n) is 3.86. The van der Waals surface area contributed by atoms with Gasteiger partial charge in [0.2, 0.25) is 0 Å². The number of carboxylic acids is 1. The smallest absolute Gasteiger partial charge is 0.315 e. The Labute approximate surface area is 93.0 Å². The predicted molar refractivity (Wildman–Crippen MR) is 53.2 cm³/mol.